The number of nitrogens with two attached hydrogens (primary N) is 1. The number of likely N-dealkylation sites (N-methyl/N-ethyl adjacent to an activating group) is 1. The van der Waals surface area contributed by atoms with Gasteiger partial charge < -0.3 is 15.4 Å². The van der Waals surface area contributed by atoms with Gasteiger partial charge in [0.2, 0.25) is 0 Å². The molecule has 5 nitrogen and oxygen atoms in total. The molecule has 2 unspecified atom stereocenters. The molecule has 1 fully saturated rings. The number of carbonyl (C=O) groups is 1. The van der Waals surface area contributed by atoms with Crippen LogP contribution in [0.1, 0.15) is 33.1 Å². The maximum absolute atomic E-state index is 11.6. The molecule has 0 bridgehead atoms. The quantitative estimate of drug-likeness (QED) is 0.727. The molecule has 2 aliphatic rings. The van der Waals surface area contributed by atoms with Crippen LogP contribution in [-0.4, -0.2) is 41.6 Å². The molecule has 0 saturated carbocycles. The fraction of sp³-hybridized carbons (Fsp3) is 0.818. The predicted octanol–water partition coefficient (Wildman–Crippen LogP) is 1.13. The molecule has 0 aromatic carbocycles. The molecule has 0 aromatic rings. The summed E-state index contributed by atoms with van der Waals surface area (Å²) < 4.78 is 5.78. The molecule has 0 aliphatic carbocycles. The first-order chi connectivity index (χ1) is 7.43. The third kappa shape index (κ3) is 1.42. The standard InChI is InChI=1S/C11H19N3O2/c1-4-10(2)7-11(5-6-16-10)8(12)13-9(15)14(11)3/h4-7H2,1-3H3,(H2,12,13,15). The number of amides is 2. The first-order valence-corrected chi connectivity index (χ1v) is 5.70. The van der Waals surface area contributed by atoms with E-state index in [0.29, 0.717) is 12.4 Å². The molecule has 16 heavy (non-hydrogen) atoms. The van der Waals surface area contributed by atoms with Crippen LogP contribution in [0, 0.1) is 0 Å². The summed E-state index contributed by atoms with van der Waals surface area (Å²) in [6, 6.07) is -0.238. The molecule has 2 aliphatic heterocycles. The molecule has 1 saturated heterocycles. The number of hydrogen-bond acceptors (Lipinski definition) is 3. The van der Waals surface area contributed by atoms with Crippen LogP contribution in [0.3, 0.4) is 0 Å². The van der Waals surface area contributed by atoms with Crippen molar-refractivity contribution in [3.8, 4) is 0 Å². The lowest BCUT2D eigenvalue weighted by molar-refractivity contribution is -0.0998. The zero-order valence-electron chi connectivity index (χ0n) is 10.1. The summed E-state index contributed by atoms with van der Waals surface area (Å²) in [5, 5.41) is 0. The smallest absolute Gasteiger partial charge is 0.345 e. The Hall–Kier alpha value is -1.10. The Morgan fingerprint density at radius 2 is 2.31 bits per heavy atom. The van der Waals surface area contributed by atoms with E-state index < -0.39 is 5.54 Å². The van der Waals surface area contributed by atoms with Crippen molar-refractivity contribution >= 4 is 11.9 Å². The zero-order chi connectivity index (χ0) is 12.0. The minimum absolute atomic E-state index is 0.211. The average molecular weight is 225 g/mol. The molecule has 0 aromatic heterocycles. The molecule has 2 heterocycles. The Labute approximate surface area is 95.6 Å². The zero-order valence-corrected chi connectivity index (χ0v) is 10.1. The van der Waals surface area contributed by atoms with E-state index >= 15 is 0 Å². The lowest BCUT2D eigenvalue weighted by Crippen LogP contribution is -2.60. The minimum Gasteiger partial charge on any atom is -0.385 e. The molecular weight excluding hydrogens is 206 g/mol. The van der Waals surface area contributed by atoms with Crippen molar-refractivity contribution in [2.75, 3.05) is 13.7 Å². The second-order valence-electron chi connectivity index (χ2n) is 4.95. The summed E-state index contributed by atoms with van der Waals surface area (Å²) >= 11 is 0. The van der Waals surface area contributed by atoms with Crippen LogP contribution in [-0.2, 0) is 4.74 Å². The fourth-order valence-electron chi connectivity index (χ4n) is 2.59. The molecule has 0 radical (unpaired) electrons. The Morgan fingerprint density at radius 3 is 2.81 bits per heavy atom. The third-order valence-corrected chi connectivity index (χ3v) is 4.00. The van der Waals surface area contributed by atoms with Gasteiger partial charge in [-0.3, -0.25) is 0 Å². The van der Waals surface area contributed by atoms with Gasteiger partial charge in [0.1, 0.15) is 11.4 Å². The predicted molar refractivity (Wildman–Crippen MR) is 61.4 cm³/mol. The summed E-state index contributed by atoms with van der Waals surface area (Å²) in [6.45, 7) is 4.78. The largest absolute Gasteiger partial charge is 0.385 e. The topological polar surface area (TPSA) is 67.9 Å². The normalized spacial score (nSPS) is 39.3. The molecule has 5 heteroatoms. The Kier molecular flexibility index (Phi) is 2.45. The van der Waals surface area contributed by atoms with Gasteiger partial charge in [0.25, 0.3) is 0 Å². The first kappa shape index (κ1) is 11.4. The van der Waals surface area contributed by atoms with Crippen molar-refractivity contribution in [1.82, 2.24) is 4.90 Å². The monoisotopic (exact) mass is 225 g/mol. The van der Waals surface area contributed by atoms with Crippen molar-refractivity contribution < 1.29 is 9.53 Å². The number of aliphatic imine (C=N–C) groups is 1. The van der Waals surface area contributed by atoms with Crippen LogP contribution in [0.4, 0.5) is 4.79 Å². The molecule has 2 amide bonds. The number of amidine groups is 1. The van der Waals surface area contributed by atoms with Gasteiger partial charge in [0, 0.05) is 26.5 Å². The van der Waals surface area contributed by atoms with E-state index in [2.05, 4.69) is 18.8 Å². The van der Waals surface area contributed by atoms with Gasteiger partial charge in [0.05, 0.1) is 5.60 Å². The lowest BCUT2D eigenvalue weighted by Gasteiger charge is -2.46. The van der Waals surface area contributed by atoms with E-state index in [4.69, 9.17) is 10.5 Å². The summed E-state index contributed by atoms with van der Waals surface area (Å²) in [5.41, 5.74) is 5.31. The van der Waals surface area contributed by atoms with E-state index in [-0.39, 0.29) is 11.6 Å². The van der Waals surface area contributed by atoms with Gasteiger partial charge in [-0.2, -0.15) is 4.99 Å². The van der Waals surface area contributed by atoms with Gasteiger partial charge in [-0.15, -0.1) is 0 Å². The fourth-order valence-corrected chi connectivity index (χ4v) is 2.59. The van der Waals surface area contributed by atoms with E-state index in [9.17, 15) is 4.79 Å². The van der Waals surface area contributed by atoms with Gasteiger partial charge in [0.15, 0.2) is 0 Å². The number of urea groups is 1. The molecule has 2 atom stereocenters. The van der Waals surface area contributed by atoms with Crippen molar-refractivity contribution in [3.63, 3.8) is 0 Å². The Morgan fingerprint density at radius 1 is 1.62 bits per heavy atom. The van der Waals surface area contributed by atoms with Gasteiger partial charge >= 0.3 is 6.03 Å². The van der Waals surface area contributed by atoms with Crippen LogP contribution in [0.15, 0.2) is 4.99 Å². The molecule has 90 valence electrons. The van der Waals surface area contributed by atoms with Crippen LogP contribution >= 0.6 is 0 Å². The number of rotatable bonds is 1. The number of carbonyl (C=O) groups excluding carboxylic acids is 1. The highest BCUT2D eigenvalue weighted by Gasteiger charge is 2.52. The van der Waals surface area contributed by atoms with Crippen molar-refractivity contribution in [1.29, 1.82) is 0 Å². The summed E-state index contributed by atoms with van der Waals surface area (Å²) in [5.74, 6) is 0.447. The van der Waals surface area contributed by atoms with Crippen molar-refractivity contribution in [3.05, 3.63) is 0 Å². The highest BCUT2D eigenvalue weighted by molar-refractivity contribution is 6.05. The maximum Gasteiger partial charge on any atom is 0.345 e. The van der Waals surface area contributed by atoms with E-state index in [1.54, 1.807) is 11.9 Å². The number of hydrogen-bond donors (Lipinski definition) is 1. The van der Waals surface area contributed by atoms with Crippen LogP contribution < -0.4 is 5.73 Å². The molecule has 2 rings (SSSR count). The van der Waals surface area contributed by atoms with Crippen LogP contribution in [0.25, 0.3) is 0 Å². The van der Waals surface area contributed by atoms with Crippen LogP contribution in [0.5, 0.6) is 0 Å². The lowest BCUT2D eigenvalue weighted by atomic mass is 9.78. The van der Waals surface area contributed by atoms with Gasteiger partial charge in [-0.1, -0.05) is 6.92 Å². The second-order valence-corrected chi connectivity index (χ2v) is 4.95. The summed E-state index contributed by atoms with van der Waals surface area (Å²) in [6.07, 6.45) is 2.37. The van der Waals surface area contributed by atoms with Crippen molar-refractivity contribution in [2.45, 2.75) is 44.2 Å². The molecule has 1 spiro atoms. The van der Waals surface area contributed by atoms with Gasteiger partial charge in [-0.05, 0) is 13.3 Å². The Balaban J connectivity index is 2.32. The SMILES string of the molecule is CCC1(C)CC2(CCO1)C(N)=NC(=O)N2C. The summed E-state index contributed by atoms with van der Waals surface area (Å²) in [7, 11) is 1.77. The van der Waals surface area contributed by atoms with E-state index in [1.165, 1.54) is 0 Å². The number of nitrogens with zero attached hydrogens (tertiary/aromatic N) is 2. The second kappa shape index (κ2) is 3.45. The third-order valence-electron chi connectivity index (χ3n) is 4.00. The molecular formula is C11H19N3O2. The highest BCUT2D eigenvalue weighted by Crippen LogP contribution is 2.40. The maximum atomic E-state index is 11.6. The van der Waals surface area contributed by atoms with E-state index in [0.717, 1.165) is 19.3 Å². The number of ether oxygens (including phenoxy) is 1. The summed E-state index contributed by atoms with van der Waals surface area (Å²) in [4.78, 5) is 17.1. The first-order valence-electron chi connectivity index (χ1n) is 5.70. The average Bonchev–Trinajstić information content (AvgIpc) is 2.44. The Bertz CT molecular complexity index is 355. The van der Waals surface area contributed by atoms with Gasteiger partial charge in [-0.25, -0.2) is 4.79 Å². The highest BCUT2D eigenvalue weighted by atomic mass is 16.5. The van der Waals surface area contributed by atoms with E-state index in [1.807, 2.05) is 0 Å². The minimum atomic E-state index is -0.417. The van der Waals surface area contributed by atoms with Crippen LogP contribution in [0.2, 0.25) is 0 Å². The van der Waals surface area contributed by atoms with Crippen molar-refractivity contribution in [2.24, 2.45) is 10.7 Å². The molecule has 2 N–H and O–H groups in total.